The molecule has 0 spiro atoms. The van der Waals surface area contributed by atoms with Crippen LogP contribution in [0, 0.1) is 13.8 Å². The number of fused-ring (bicyclic) bond motifs is 1. The molecule has 0 aliphatic rings. The first-order valence-corrected chi connectivity index (χ1v) is 5.41. The Morgan fingerprint density at radius 2 is 2.00 bits per heavy atom. The second kappa shape index (κ2) is 4.18. The van der Waals surface area contributed by atoms with Gasteiger partial charge >= 0.3 is 5.97 Å². The molecule has 5 nitrogen and oxygen atoms in total. The highest BCUT2D eigenvalue weighted by molar-refractivity contribution is 5.95. The Morgan fingerprint density at radius 1 is 1.33 bits per heavy atom. The van der Waals surface area contributed by atoms with Crippen LogP contribution in [-0.2, 0) is 4.74 Å². The molecule has 0 aliphatic heterocycles. The summed E-state index contributed by atoms with van der Waals surface area (Å²) in [6.07, 6.45) is 0. The van der Waals surface area contributed by atoms with Gasteiger partial charge in [-0.05, 0) is 26.0 Å². The Bertz CT molecular complexity index is 700. The van der Waals surface area contributed by atoms with Crippen molar-refractivity contribution in [2.45, 2.75) is 13.8 Å². The van der Waals surface area contributed by atoms with Gasteiger partial charge in [0.15, 0.2) is 0 Å². The number of hydrogen-bond acceptors (Lipinski definition) is 4. The van der Waals surface area contributed by atoms with Gasteiger partial charge in [0.1, 0.15) is 5.56 Å². The van der Waals surface area contributed by atoms with Gasteiger partial charge in [-0.15, -0.1) is 0 Å². The van der Waals surface area contributed by atoms with Crippen LogP contribution < -0.4 is 5.43 Å². The van der Waals surface area contributed by atoms with Crippen LogP contribution in [0.25, 0.3) is 10.9 Å². The zero-order valence-electron chi connectivity index (χ0n) is 10.4. The summed E-state index contributed by atoms with van der Waals surface area (Å²) >= 11 is 0. The normalized spacial score (nSPS) is 10.6. The minimum Gasteiger partial charge on any atom is -0.465 e. The van der Waals surface area contributed by atoms with Gasteiger partial charge in [-0.1, -0.05) is 11.6 Å². The van der Waals surface area contributed by atoms with Gasteiger partial charge < -0.3 is 9.94 Å². The molecule has 0 amide bonds. The van der Waals surface area contributed by atoms with Crippen LogP contribution in [0.3, 0.4) is 0 Å². The molecule has 18 heavy (non-hydrogen) atoms. The number of nitrogens with zero attached hydrogens (tertiary/aromatic N) is 1. The molecule has 0 atom stereocenters. The Morgan fingerprint density at radius 3 is 2.61 bits per heavy atom. The highest BCUT2D eigenvalue weighted by atomic mass is 16.5. The van der Waals surface area contributed by atoms with Crippen molar-refractivity contribution in [3.8, 4) is 0 Å². The third-order valence-electron chi connectivity index (χ3n) is 2.92. The SMILES string of the molecule is COC(=O)c1c(C)n(O)c2ccc(C)cc2c1=O. The van der Waals surface area contributed by atoms with E-state index in [-0.39, 0.29) is 11.3 Å². The van der Waals surface area contributed by atoms with E-state index < -0.39 is 11.4 Å². The van der Waals surface area contributed by atoms with Crippen molar-refractivity contribution in [3.05, 3.63) is 45.2 Å². The largest absolute Gasteiger partial charge is 0.465 e. The molecule has 1 aromatic heterocycles. The molecule has 1 heterocycles. The fourth-order valence-corrected chi connectivity index (χ4v) is 1.94. The van der Waals surface area contributed by atoms with E-state index in [0.29, 0.717) is 10.9 Å². The first-order chi connectivity index (χ1) is 8.47. The third-order valence-corrected chi connectivity index (χ3v) is 2.92. The lowest BCUT2D eigenvalue weighted by Gasteiger charge is -2.11. The van der Waals surface area contributed by atoms with E-state index in [4.69, 9.17) is 0 Å². The summed E-state index contributed by atoms with van der Waals surface area (Å²) in [5.74, 6) is -0.747. The zero-order chi connectivity index (χ0) is 13.4. The highest BCUT2D eigenvalue weighted by Crippen LogP contribution is 2.16. The van der Waals surface area contributed by atoms with Crippen molar-refractivity contribution >= 4 is 16.9 Å². The monoisotopic (exact) mass is 247 g/mol. The van der Waals surface area contributed by atoms with Gasteiger partial charge in [0.05, 0.1) is 23.7 Å². The molecule has 0 radical (unpaired) electrons. The van der Waals surface area contributed by atoms with Gasteiger partial charge in [0.25, 0.3) is 0 Å². The molecule has 0 fully saturated rings. The third kappa shape index (κ3) is 1.64. The molecule has 0 saturated heterocycles. The predicted octanol–water partition coefficient (Wildman–Crippen LogP) is 1.64. The smallest absolute Gasteiger partial charge is 0.343 e. The number of pyridine rings is 1. The number of benzene rings is 1. The van der Waals surface area contributed by atoms with Crippen molar-refractivity contribution in [2.75, 3.05) is 7.11 Å². The summed E-state index contributed by atoms with van der Waals surface area (Å²) in [7, 11) is 1.20. The van der Waals surface area contributed by atoms with Gasteiger partial charge in [0, 0.05) is 0 Å². The first kappa shape index (κ1) is 12.2. The maximum Gasteiger partial charge on any atom is 0.343 e. The number of ether oxygens (including phenoxy) is 1. The van der Waals surface area contributed by atoms with Crippen molar-refractivity contribution in [1.82, 2.24) is 4.73 Å². The number of carbonyl (C=O) groups excluding carboxylic acids is 1. The van der Waals surface area contributed by atoms with Crippen molar-refractivity contribution in [3.63, 3.8) is 0 Å². The highest BCUT2D eigenvalue weighted by Gasteiger charge is 2.20. The van der Waals surface area contributed by atoms with Crippen LogP contribution in [0.5, 0.6) is 0 Å². The quantitative estimate of drug-likeness (QED) is 0.614. The average Bonchev–Trinajstić information content (AvgIpc) is 2.36. The lowest BCUT2D eigenvalue weighted by Crippen LogP contribution is -2.23. The molecule has 1 N–H and O–H groups in total. The fourth-order valence-electron chi connectivity index (χ4n) is 1.94. The summed E-state index contributed by atoms with van der Waals surface area (Å²) in [4.78, 5) is 23.8. The molecule has 0 unspecified atom stereocenters. The minimum atomic E-state index is -0.747. The van der Waals surface area contributed by atoms with Crippen molar-refractivity contribution in [1.29, 1.82) is 0 Å². The van der Waals surface area contributed by atoms with Gasteiger partial charge in [-0.3, -0.25) is 4.79 Å². The van der Waals surface area contributed by atoms with Crippen LogP contribution in [-0.4, -0.2) is 23.0 Å². The maximum atomic E-state index is 12.2. The second-order valence-electron chi connectivity index (χ2n) is 4.11. The first-order valence-electron chi connectivity index (χ1n) is 5.41. The maximum absolute atomic E-state index is 12.2. The molecule has 1 aromatic carbocycles. The number of hydrogen-bond donors (Lipinski definition) is 1. The minimum absolute atomic E-state index is 0.141. The van der Waals surface area contributed by atoms with Crippen LogP contribution in [0.1, 0.15) is 21.6 Å². The average molecular weight is 247 g/mol. The van der Waals surface area contributed by atoms with Gasteiger partial charge in [-0.2, -0.15) is 4.73 Å². The summed E-state index contributed by atoms with van der Waals surface area (Å²) < 4.78 is 5.40. The summed E-state index contributed by atoms with van der Waals surface area (Å²) in [6.45, 7) is 3.32. The fraction of sp³-hybridized carbons (Fsp3) is 0.231. The van der Waals surface area contributed by atoms with E-state index in [0.717, 1.165) is 10.3 Å². The Labute approximate surface area is 103 Å². The Hall–Kier alpha value is -2.30. The van der Waals surface area contributed by atoms with E-state index >= 15 is 0 Å². The van der Waals surface area contributed by atoms with E-state index in [1.54, 1.807) is 18.2 Å². The standard InChI is InChI=1S/C13H13NO4/c1-7-4-5-10-9(6-7)12(15)11(13(16)18-3)8(2)14(10)17/h4-6,17H,1-3H3. The van der Waals surface area contributed by atoms with Crippen LogP contribution in [0.2, 0.25) is 0 Å². The number of aromatic nitrogens is 1. The Balaban J connectivity index is 2.98. The summed E-state index contributed by atoms with van der Waals surface area (Å²) in [6, 6.07) is 5.06. The lowest BCUT2D eigenvalue weighted by molar-refractivity contribution is 0.0593. The van der Waals surface area contributed by atoms with E-state index in [9.17, 15) is 14.8 Å². The van der Waals surface area contributed by atoms with Gasteiger partial charge in [0.2, 0.25) is 5.43 Å². The zero-order valence-corrected chi connectivity index (χ0v) is 10.4. The van der Waals surface area contributed by atoms with E-state index in [1.165, 1.54) is 14.0 Å². The molecular formula is C13H13NO4. The second-order valence-corrected chi connectivity index (χ2v) is 4.11. The number of aryl methyl sites for hydroxylation is 1. The van der Waals surface area contributed by atoms with Crippen molar-refractivity contribution in [2.24, 2.45) is 0 Å². The topological polar surface area (TPSA) is 68.5 Å². The van der Waals surface area contributed by atoms with Crippen LogP contribution >= 0.6 is 0 Å². The molecule has 94 valence electrons. The molecule has 0 saturated carbocycles. The number of rotatable bonds is 1. The predicted molar refractivity (Wildman–Crippen MR) is 66.2 cm³/mol. The molecule has 0 bridgehead atoms. The van der Waals surface area contributed by atoms with Crippen molar-refractivity contribution < 1.29 is 14.7 Å². The molecular weight excluding hydrogens is 234 g/mol. The molecule has 0 aliphatic carbocycles. The Kier molecular flexibility index (Phi) is 2.82. The molecule has 5 heteroatoms. The van der Waals surface area contributed by atoms with E-state index in [1.807, 2.05) is 6.92 Å². The molecule has 2 rings (SSSR count). The summed E-state index contributed by atoms with van der Waals surface area (Å²) in [5, 5.41) is 10.3. The van der Waals surface area contributed by atoms with E-state index in [2.05, 4.69) is 4.74 Å². The lowest BCUT2D eigenvalue weighted by atomic mass is 10.1. The van der Waals surface area contributed by atoms with Crippen LogP contribution in [0.4, 0.5) is 0 Å². The van der Waals surface area contributed by atoms with Crippen LogP contribution in [0.15, 0.2) is 23.0 Å². The number of carbonyl (C=O) groups is 1. The summed E-state index contributed by atoms with van der Waals surface area (Å²) in [5.41, 5.74) is 0.847. The molecule has 2 aromatic rings. The van der Waals surface area contributed by atoms with Gasteiger partial charge in [-0.25, -0.2) is 4.79 Å². The number of esters is 1. The number of methoxy groups -OCH3 is 1.